The summed E-state index contributed by atoms with van der Waals surface area (Å²) in [5, 5.41) is 19.4. The first-order valence-corrected chi connectivity index (χ1v) is 7.18. The molecule has 0 fully saturated rings. The Morgan fingerprint density at radius 3 is 2.35 bits per heavy atom. The highest BCUT2D eigenvalue weighted by molar-refractivity contribution is 6.21. The minimum Gasteiger partial charge on any atom is -0.497 e. The van der Waals surface area contributed by atoms with E-state index in [1.807, 2.05) is 0 Å². The van der Waals surface area contributed by atoms with Gasteiger partial charge in [0, 0.05) is 6.07 Å². The van der Waals surface area contributed by atoms with Crippen molar-refractivity contribution in [3.63, 3.8) is 0 Å². The van der Waals surface area contributed by atoms with Crippen LogP contribution in [0.2, 0.25) is 0 Å². The third kappa shape index (κ3) is 2.77. The van der Waals surface area contributed by atoms with Crippen LogP contribution in [-0.4, -0.2) is 48.1 Å². The summed E-state index contributed by atoms with van der Waals surface area (Å²) in [5.74, 6) is -0.281. The van der Waals surface area contributed by atoms with Gasteiger partial charge in [0.15, 0.2) is 0 Å². The second-order valence-electron chi connectivity index (χ2n) is 6.40. The molecule has 1 aliphatic rings. The average molecular weight is 323 g/mol. The fourth-order valence-corrected chi connectivity index (χ4v) is 2.51. The number of aliphatic hydroxyl groups excluding tert-OH is 2. The van der Waals surface area contributed by atoms with Crippen molar-refractivity contribution >= 4 is 17.7 Å². The molecule has 1 aliphatic heterocycles. The minimum atomic E-state index is -1.57. The van der Waals surface area contributed by atoms with Gasteiger partial charge in [-0.3, -0.25) is 4.79 Å². The molecule has 0 atom stereocenters. The molecule has 0 saturated carbocycles. The zero-order valence-corrected chi connectivity index (χ0v) is 13.6. The Morgan fingerprint density at radius 1 is 1.26 bits per heavy atom. The highest BCUT2D eigenvalue weighted by Gasteiger charge is 2.53. The van der Waals surface area contributed by atoms with E-state index in [0.717, 1.165) is 4.90 Å². The van der Waals surface area contributed by atoms with Crippen molar-refractivity contribution in [2.45, 2.75) is 31.8 Å². The molecule has 0 radical (unpaired) electrons. The molecule has 7 nitrogen and oxygen atoms in total. The fraction of sp³-hybridized carbons (Fsp3) is 0.500. The Bertz CT molecular complexity index is 630. The van der Waals surface area contributed by atoms with E-state index in [4.69, 9.17) is 9.47 Å². The number of nitrogens with zero attached hydrogens (tertiary/aromatic N) is 1. The molecule has 126 valence electrons. The normalized spacial score (nSPS) is 16.3. The number of hydrogen-bond donors (Lipinski definition) is 2. The number of rotatable bonds is 3. The Morgan fingerprint density at radius 2 is 1.87 bits per heavy atom. The lowest BCUT2D eigenvalue weighted by molar-refractivity contribution is -0.125. The number of carbonyl (C=O) groups is 2. The standard InChI is InChI=1S/C16H21NO6/c1-15(2,3)23-14(21)17-12-7-10(22-4)5-6-11(12)16(8-18,9-19)13(17)20/h5-7,18-19H,8-9H2,1-4H3. The SMILES string of the molecule is COc1ccc2c(c1)N(C(=O)OC(C)(C)C)C(=O)C2(CO)CO. The molecule has 0 spiro atoms. The van der Waals surface area contributed by atoms with Gasteiger partial charge in [-0.05, 0) is 32.4 Å². The monoisotopic (exact) mass is 323 g/mol. The van der Waals surface area contributed by atoms with Gasteiger partial charge in [0.05, 0.1) is 26.0 Å². The summed E-state index contributed by atoms with van der Waals surface area (Å²) >= 11 is 0. The van der Waals surface area contributed by atoms with Crippen LogP contribution >= 0.6 is 0 Å². The van der Waals surface area contributed by atoms with Crippen molar-refractivity contribution in [3.05, 3.63) is 23.8 Å². The molecule has 0 bridgehead atoms. The zero-order chi connectivity index (χ0) is 17.4. The Balaban J connectivity index is 2.57. The molecular formula is C16H21NO6. The zero-order valence-electron chi connectivity index (χ0n) is 13.6. The maximum Gasteiger partial charge on any atom is 0.421 e. The summed E-state index contributed by atoms with van der Waals surface area (Å²) in [5.41, 5.74) is -1.76. The van der Waals surface area contributed by atoms with Crippen LogP contribution in [0.4, 0.5) is 10.5 Å². The second kappa shape index (κ2) is 5.82. The van der Waals surface area contributed by atoms with Crippen LogP contribution in [0.25, 0.3) is 0 Å². The summed E-state index contributed by atoms with van der Waals surface area (Å²) in [6, 6.07) is 4.66. The van der Waals surface area contributed by atoms with Crippen LogP contribution in [0, 0.1) is 0 Å². The van der Waals surface area contributed by atoms with E-state index in [-0.39, 0.29) is 5.69 Å². The fourth-order valence-electron chi connectivity index (χ4n) is 2.51. The number of benzene rings is 1. The second-order valence-corrected chi connectivity index (χ2v) is 6.40. The first-order chi connectivity index (χ1) is 10.7. The number of fused-ring (bicyclic) bond motifs is 1. The molecule has 2 rings (SSSR count). The average Bonchev–Trinajstić information content (AvgIpc) is 2.73. The van der Waals surface area contributed by atoms with Crippen LogP contribution in [0.1, 0.15) is 26.3 Å². The Hall–Kier alpha value is -2.12. The Labute approximate surface area is 134 Å². The van der Waals surface area contributed by atoms with Gasteiger partial charge in [0.1, 0.15) is 16.8 Å². The summed E-state index contributed by atoms with van der Waals surface area (Å²) in [7, 11) is 1.46. The van der Waals surface area contributed by atoms with Gasteiger partial charge >= 0.3 is 6.09 Å². The first kappa shape index (κ1) is 17.2. The molecule has 7 heteroatoms. The van der Waals surface area contributed by atoms with Crippen molar-refractivity contribution in [1.82, 2.24) is 0 Å². The summed E-state index contributed by atoms with van der Waals surface area (Å²) in [4.78, 5) is 26.0. The summed E-state index contributed by atoms with van der Waals surface area (Å²) in [6.07, 6.45) is -0.860. The molecule has 1 aromatic carbocycles. The van der Waals surface area contributed by atoms with E-state index in [1.165, 1.54) is 13.2 Å². The highest BCUT2D eigenvalue weighted by atomic mass is 16.6. The van der Waals surface area contributed by atoms with Gasteiger partial charge in [0.25, 0.3) is 5.91 Å². The first-order valence-electron chi connectivity index (χ1n) is 7.18. The van der Waals surface area contributed by atoms with E-state index < -0.39 is 36.2 Å². The number of ether oxygens (including phenoxy) is 2. The number of amides is 2. The molecule has 1 heterocycles. The van der Waals surface area contributed by atoms with Crippen molar-refractivity contribution in [1.29, 1.82) is 0 Å². The minimum absolute atomic E-state index is 0.242. The third-order valence-corrected chi connectivity index (χ3v) is 3.69. The molecular weight excluding hydrogens is 302 g/mol. The number of aliphatic hydroxyl groups is 2. The predicted octanol–water partition coefficient (Wildman–Crippen LogP) is 1.20. The van der Waals surface area contributed by atoms with Gasteiger partial charge in [-0.25, -0.2) is 9.69 Å². The van der Waals surface area contributed by atoms with E-state index in [2.05, 4.69) is 0 Å². The van der Waals surface area contributed by atoms with Gasteiger partial charge < -0.3 is 19.7 Å². The lowest BCUT2D eigenvalue weighted by Crippen LogP contribution is -2.48. The van der Waals surface area contributed by atoms with Crippen molar-refractivity contribution in [2.75, 3.05) is 25.2 Å². The van der Waals surface area contributed by atoms with E-state index >= 15 is 0 Å². The van der Waals surface area contributed by atoms with E-state index in [0.29, 0.717) is 11.3 Å². The quantitative estimate of drug-likeness (QED) is 0.867. The number of carbonyl (C=O) groups excluding carboxylic acids is 2. The molecule has 2 N–H and O–H groups in total. The number of imide groups is 1. The van der Waals surface area contributed by atoms with Gasteiger partial charge in [-0.1, -0.05) is 6.07 Å². The number of methoxy groups -OCH3 is 1. The Kier molecular flexibility index (Phi) is 4.37. The molecule has 0 unspecified atom stereocenters. The van der Waals surface area contributed by atoms with Crippen molar-refractivity contribution in [2.24, 2.45) is 0 Å². The van der Waals surface area contributed by atoms with Gasteiger partial charge in [0.2, 0.25) is 0 Å². The van der Waals surface area contributed by atoms with Crippen LogP contribution in [-0.2, 0) is 14.9 Å². The summed E-state index contributed by atoms with van der Waals surface area (Å²) < 4.78 is 10.4. The van der Waals surface area contributed by atoms with E-state index in [1.54, 1.807) is 32.9 Å². The molecule has 1 aromatic rings. The van der Waals surface area contributed by atoms with Crippen LogP contribution in [0.3, 0.4) is 0 Å². The maximum absolute atomic E-state index is 12.7. The predicted molar refractivity (Wildman–Crippen MR) is 82.6 cm³/mol. The third-order valence-electron chi connectivity index (χ3n) is 3.69. The number of anilines is 1. The van der Waals surface area contributed by atoms with Crippen LogP contribution in [0.15, 0.2) is 18.2 Å². The van der Waals surface area contributed by atoms with Crippen LogP contribution < -0.4 is 9.64 Å². The molecule has 0 aromatic heterocycles. The topological polar surface area (TPSA) is 96.3 Å². The molecule has 0 aliphatic carbocycles. The van der Waals surface area contributed by atoms with Crippen LogP contribution in [0.5, 0.6) is 5.75 Å². The molecule has 0 saturated heterocycles. The lowest BCUT2D eigenvalue weighted by Gasteiger charge is -2.26. The lowest BCUT2D eigenvalue weighted by atomic mass is 9.83. The largest absolute Gasteiger partial charge is 0.497 e. The smallest absolute Gasteiger partial charge is 0.421 e. The van der Waals surface area contributed by atoms with Gasteiger partial charge in [-0.2, -0.15) is 0 Å². The molecule has 23 heavy (non-hydrogen) atoms. The summed E-state index contributed by atoms with van der Waals surface area (Å²) in [6.45, 7) is 3.80. The number of hydrogen-bond acceptors (Lipinski definition) is 6. The highest BCUT2D eigenvalue weighted by Crippen LogP contribution is 2.43. The maximum atomic E-state index is 12.7. The van der Waals surface area contributed by atoms with Crippen molar-refractivity contribution < 1.29 is 29.3 Å². The van der Waals surface area contributed by atoms with Gasteiger partial charge in [-0.15, -0.1) is 0 Å². The van der Waals surface area contributed by atoms with E-state index in [9.17, 15) is 19.8 Å². The molecule has 2 amide bonds. The van der Waals surface area contributed by atoms with Crippen molar-refractivity contribution in [3.8, 4) is 5.75 Å².